The van der Waals surface area contributed by atoms with E-state index in [4.69, 9.17) is 9.47 Å². The maximum Gasteiger partial charge on any atom is 0.288 e. The lowest BCUT2D eigenvalue weighted by atomic mass is 10.2. The molecule has 3 nitrogen and oxygen atoms in total. The van der Waals surface area contributed by atoms with Gasteiger partial charge in [0.25, 0.3) is 5.76 Å². The lowest BCUT2D eigenvalue weighted by Gasteiger charge is -2.12. The molecule has 0 spiro atoms. The summed E-state index contributed by atoms with van der Waals surface area (Å²) in [7, 11) is 0. The average Bonchev–Trinajstić information content (AvgIpc) is 2.95. The van der Waals surface area contributed by atoms with Crippen LogP contribution in [-0.4, -0.2) is 12.6 Å². The van der Waals surface area contributed by atoms with Gasteiger partial charge < -0.3 is 14.8 Å². The predicted octanol–water partition coefficient (Wildman–Crippen LogP) is 4.34. The second-order valence-electron chi connectivity index (χ2n) is 4.38. The molecule has 2 aromatic rings. The van der Waals surface area contributed by atoms with Crippen LogP contribution in [0.3, 0.4) is 0 Å². The summed E-state index contributed by atoms with van der Waals surface area (Å²) >= 11 is 0.534. The Morgan fingerprint density at radius 2 is 1.95 bits per heavy atom. The third kappa shape index (κ3) is 3.21. The summed E-state index contributed by atoms with van der Waals surface area (Å²) in [6.07, 6.45) is 0. The minimum Gasteiger partial charge on any atom is -0.454 e. The van der Waals surface area contributed by atoms with Gasteiger partial charge >= 0.3 is 0 Å². The van der Waals surface area contributed by atoms with Gasteiger partial charge in [0, 0.05) is 22.7 Å². The molecule has 6 heteroatoms. The molecule has 0 bridgehead atoms. The molecule has 0 saturated heterocycles. The van der Waals surface area contributed by atoms with Gasteiger partial charge in [-0.25, -0.2) is 0 Å². The van der Waals surface area contributed by atoms with Crippen LogP contribution in [0, 0.1) is 0 Å². The van der Waals surface area contributed by atoms with E-state index in [0.29, 0.717) is 40.4 Å². The maximum atomic E-state index is 12.5. The van der Waals surface area contributed by atoms with Crippen molar-refractivity contribution >= 4 is 17.4 Å². The number of anilines is 1. The number of nitrogens with one attached hydrogen (secondary N) is 1. The highest BCUT2D eigenvalue weighted by Crippen LogP contribution is 2.36. The first kappa shape index (κ1) is 14.0. The van der Waals surface area contributed by atoms with Crippen molar-refractivity contribution in [3.63, 3.8) is 0 Å². The molecule has 0 aromatic heterocycles. The van der Waals surface area contributed by atoms with E-state index >= 15 is 0 Å². The van der Waals surface area contributed by atoms with E-state index in [0.717, 1.165) is 5.56 Å². The number of thioether (sulfide) groups is 1. The number of halogens is 2. The molecule has 1 aliphatic heterocycles. The van der Waals surface area contributed by atoms with Crippen LogP contribution in [0.25, 0.3) is 0 Å². The van der Waals surface area contributed by atoms with Crippen LogP contribution >= 0.6 is 11.8 Å². The van der Waals surface area contributed by atoms with Crippen LogP contribution < -0.4 is 14.8 Å². The topological polar surface area (TPSA) is 30.5 Å². The molecule has 0 amide bonds. The Balaban J connectivity index is 1.75. The molecular formula is C15H13F2NO2S. The van der Waals surface area contributed by atoms with E-state index in [9.17, 15) is 8.78 Å². The van der Waals surface area contributed by atoms with E-state index in [1.165, 1.54) is 0 Å². The van der Waals surface area contributed by atoms with Crippen LogP contribution in [-0.2, 0) is 6.54 Å². The minimum absolute atomic E-state index is 0.212. The van der Waals surface area contributed by atoms with Gasteiger partial charge in [0.2, 0.25) is 6.79 Å². The summed E-state index contributed by atoms with van der Waals surface area (Å²) < 4.78 is 35.8. The Morgan fingerprint density at radius 1 is 1.10 bits per heavy atom. The highest BCUT2D eigenvalue weighted by molar-refractivity contribution is 7.99. The third-order valence-corrected chi connectivity index (χ3v) is 3.84. The smallest absolute Gasteiger partial charge is 0.288 e. The van der Waals surface area contributed by atoms with Crippen molar-refractivity contribution in [1.82, 2.24) is 0 Å². The number of hydrogen-bond donors (Lipinski definition) is 1. The summed E-state index contributed by atoms with van der Waals surface area (Å²) in [6.45, 7) is 0.692. The van der Waals surface area contributed by atoms with Crippen molar-refractivity contribution in [2.24, 2.45) is 0 Å². The highest BCUT2D eigenvalue weighted by Gasteiger charge is 2.17. The number of alkyl halides is 2. The summed E-state index contributed by atoms with van der Waals surface area (Å²) in [5, 5.41) is 3.17. The highest BCUT2D eigenvalue weighted by atomic mass is 32.2. The van der Waals surface area contributed by atoms with Gasteiger partial charge in [-0.2, -0.15) is 8.78 Å². The monoisotopic (exact) mass is 309 g/mol. The molecule has 0 radical (unpaired) electrons. The summed E-state index contributed by atoms with van der Waals surface area (Å²) in [5.41, 5.74) is 1.61. The van der Waals surface area contributed by atoms with E-state index in [-0.39, 0.29) is 6.79 Å². The fraction of sp³-hybridized carbons (Fsp3) is 0.200. The minimum atomic E-state index is -2.44. The number of benzene rings is 2. The lowest BCUT2D eigenvalue weighted by Crippen LogP contribution is -2.02. The zero-order chi connectivity index (χ0) is 14.7. The van der Waals surface area contributed by atoms with Crippen LogP contribution in [0.15, 0.2) is 47.4 Å². The van der Waals surface area contributed by atoms with Crippen molar-refractivity contribution in [2.45, 2.75) is 17.2 Å². The number of hydrogen-bond acceptors (Lipinski definition) is 4. The second-order valence-corrected chi connectivity index (χ2v) is 5.41. The number of rotatable bonds is 5. The van der Waals surface area contributed by atoms with Crippen molar-refractivity contribution in [3.05, 3.63) is 48.0 Å². The molecule has 0 atom stereocenters. The zero-order valence-electron chi connectivity index (χ0n) is 11.0. The molecule has 0 saturated carbocycles. The number of para-hydroxylation sites is 2. The maximum absolute atomic E-state index is 12.5. The average molecular weight is 309 g/mol. The first-order valence-electron chi connectivity index (χ1n) is 6.39. The summed E-state index contributed by atoms with van der Waals surface area (Å²) in [6, 6.07) is 12.7. The molecule has 2 aromatic carbocycles. The second kappa shape index (κ2) is 6.22. The fourth-order valence-electron chi connectivity index (χ4n) is 2.13. The Labute approximate surface area is 125 Å². The quantitative estimate of drug-likeness (QED) is 0.832. The summed E-state index contributed by atoms with van der Waals surface area (Å²) in [4.78, 5) is 0.525. The molecule has 110 valence electrons. The molecule has 1 N–H and O–H groups in total. The van der Waals surface area contributed by atoms with Crippen molar-refractivity contribution in [2.75, 3.05) is 12.1 Å². The molecule has 1 aliphatic rings. The molecule has 21 heavy (non-hydrogen) atoms. The lowest BCUT2D eigenvalue weighted by molar-refractivity contribution is 0.173. The van der Waals surface area contributed by atoms with Crippen LogP contribution in [0.2, 0.25) is 0 Å². The Morgan fingerprint density at radius 3 is 2.81 bits per heavy atom. The first-order valence-corrected chi connectivity index (χ1v) is 7.27. The van der Waals surface area contributed by atoms with Crippen LogP contribution in [0.1, 0.15) is 5.56 Å². The normalized spacial score (nSPS) is 12.7. The van der Waals surface area contributed by atoms with E-state index < -0.39 is 5.76 Å². The SMILES string of the molecule is FC(F)Sc1ccccc1NCc1cccc2c1OCO2. The van der Waals surface area contributed by atoms with Crippen molar-refractivity contribution in [1.29, 1.82) is 0 Å². The molecular weight excluding hydrogens is 296 g/mol. The molecule has 0 fully saturated rings. The Hall–Kier alpha value is -1.95. The van der Waals surface area contributed by atoms with E-state index in [1.54, 1.807) is 18.2 Å². The van der Waals surface area contributed by atoms with E-state index in [1.807, 2.05) is 24.3 Å². The van der Waals surface area contributed by atoms with Crippen LogP contribution in [0.4, 0.5) is 14.5 Å². The fourth-order valence-corrected chi connectivity index (χ4v) is 2.75. The first-order chi connectivity index (χ1) is 10.2. The summed E-state index contributed by atoms with van der Waals surface area (Å²) in [5.74, 6) is -1.01. The number of ether oxygens (including phenoxy) is 2. The molecule has 0 aliphatic carbocycles. The van der Waals surface area contributed by atoms with Gasteiger partial charge in [-0.15, -0.1) is 0 Å². The van der Waals surface area contributed by atoms with Gasteiger partial charge in [0.15, 0.2) is 11.5 Å². The zero-order valence-corrected chi connectivity index (χ0v) is 11.8. The Kier molecular flexibility index (Phi) is 4.15. The van der Waals surface area contributed by atoms with Crippen molar-refractivity contribution < 1.29 is 18.3 Å². The molecule has 3 rings (SSSR count). The predicted molar refractivity (Wildman–Crippen MR) is 78.2 cm³/mol. The van der Waals surface area contributed by atoms with Gasteiger partial charge in [0.05, 0.1) is 0 Å². The van der Waals surface area contributed by atoms with Crippen molar-refractivity contribution in [3.8, 4) is 11.5 Å². The molecule has 1 heterocycles. The molecule has 0 unspecified atom stereocenters. The largest absolute Gasteiger partial charge is 0.454 e. The Bertz CT molecular complexity index is 637. The van der Waals surface area contributed by atoms with Gasteiger partial charge in [-0.05, 0) is 18.2 Å². The van der Waals surface area contributed by atoms with E-state index in [2.05, 4.69) is 5.32 Å². The standard InChI is InChI=1S/C15H13F2NO2S/c16-15(17)21-13-7-2-1-5-11(13)18-8-10-4-3-6-12-14(10)20-9-19-12/h1-7,15,18H,8-9H2. The number of fused-ring (bicyclic) bond motifs is 1. The van der Waals surface area contributed by atoms with Gasteiger partial charge in [-0.3, -0.25) is 0 Å². The van der Waals surface area contributed by atoms with Gasteiger partial charge in [-0.1, -0.05) is 36.0 Å². The van der Waals surface area contributed by atoms with Gasteiger partial charge in [0.1, 0.15) is 0 Å². The third-order valence-electron chi connectivity index (χ3n) is 3.05. The van der Waals surface area contributed by atoms with Crippen LogP contribution in [0.5, 0.6) is 11.5 Å².